The van der Waals surface area contributed by atoms with Gasteiger partial charge in [-0.3, -0.25) is 4.79 Å². The number of fused-ring (bicyclic) bond motifs is 1. The number of benzene rings is 1. The molecular formula is C18H23N3O2S. The van der Waals surface area contributed by atoms with Crippen LogP contribution < -0.4 is 0 Å². The summed E-state index contributed by atoms with van der Waals surface area (Å²) in [7, 11) is 3.75. The molecule has 3 rings (SSSR count). The average Bonchev–Trinajstić information content (AvgIpc) is 2.98. The molecule has 0 spiro atoms. The third-order valence-electron chi connectivity index (χ3n) is 4.73. The maximum Gasteiger partial charge on any atom is 0.233 e. The highest BCUT2D eigenvalue weighted by Crippen LogP contribution is 2.33. The minimum absolute atomic E-state index is 0.0449. The van der Waals surface area contributed by atoms with Crippen molar-refractivity contribution in [2.24, 2.45) is 7.05 Å². The predicted octanol–water partition coefficient (Wildman–Crippen LogP) is 2.54. The van der Waals surface area contributed by atoms with E-state index in [1.807, 2.05) is 23.6 Å². The summed E-state index contributed by atoms with van der Waals surface area (Å²) in [6.45, 7) is -0.0449. The van der Waals surface area contributed by atoms with Crippen molar-refractivity contribution in [1.82, 2.24) is 14.5 Å². The lowest BCUT2D eigenvalue weighted by Crippen LogP contribution is -2.34. The van der Waals surface area contributed by atoms with Crippen molar-refractivity contribution in [1.29, 1.82) is 0 Å². The quantitative estimate of drug-likeness (QED) is 0.846. The van der Waals surface area contributed by atoms with E-state index in [9.17, 15) is 9.90 Å². The molecular weight excluding hydrogens is 322 g/mol. The summed E-state index contributed by atoms with van der Waals surface area (Å²) in [6.07, 6.45) is 4.88. The molecule has 0 saturated heterocycles. The van der Waals surface area contributed by atoms with Crippen LogP contribution in [0, 0.1) is 0 Å². The van der Waals surface area contributed by atoms with Crippen molar-refractivity contribution in [3.63, 3.8) is 0 Å². The van der Waals surface area contributed by atoms with Crippen molar-refractivity contribution in [2.75, 3.05) is 12.8 Å². The standard InChI is InChI=1S/C18H23N3O2S/c1-20-14(11-22)10-19-18(20)24-12-17(23)21(2)16-9-5-7-13-6-3-4-8-15(13)16/h3-4,6,8,10,16,22H,5,7,9,11-12H2,1-2H3. The lowest BCUT2D eigenvalue weighted by Gasteiger charge is -2.33. The largest absolute Gasteiger partial charge is 0.390 e. The lowest BCUT2D eigenvalue weighted by molar-refractivity contribution is -0.129. The Hall–Kier alpha value is -1.79. The zero-order chi connectivity index (χ0) is 17.1. The SMILES string of the molecule is CN(C(=O)CSc1ncc(CO)n1C)C1CCCc2ccccc21. The first-order chi connectivity index (χ1) is 11.6. The van der Waals surface area contributed by atoms with Crippen LogP contribution in [0.4, 0.5) is 0 Å². The highest BCUT2D eigenvalue weighted by atomic mass is 32.2. The van der Waals surface area contributed by atoms with Gasteiger partial charge in [0.15, 0.2) is 5.16 Å². The van der Waals surface area contributed by atoms with Gasteiger partial charge in [0.05, 0.1) is 30.3 Å². The van der Waals surface area contributed by atoms with Crippen molar-refractivity contribution in [3.8, 4) is 0 Å². The van der Waals surface area contributed by atoms with Crippen LogP contribution in [0.5, 0.6) is 0 Å². The monoisotopic (exact) mass is 345 g/mol. The number of aliphatic hydroxyl groups excluding tert-OH is 1. The van der Waals surface area contributed by atoms with Gasteiger partial charge in [-0.1, -0.05) is 36.0 Å². The van der Waals surface area contributed by atoms with Crippen LogP contribution in [0.25, 0.3) is 0 Å². The molecule has 0 fully saturated rings. The number of carbonyl (C=O) groups excluding carboxylic acids is 1. The van der Waals surface area contributed by atoms with Crippen LogP contribution in [-0.4, -0.2) is 38.3 Å². The van der Waals surface area contributed by atoms with Crippen molar-refractivity contribution in [2.45, 2.75) is 37.1 Å². The van der Waals surface area contributed by atoms with E-state index in [-0.39, 0.29) is 18.6 Å². The van der Waals surface area contributed by atoms with Crippen LogP contribution in [0.2, 0.25) is 0 Å². The van der Waals surface area contributed by atoms with E-state index in [1.165, 1.54) is 22.9 Å². The van der Waals surface area contributed by atoms with Crippen molar-refractivity contribution >= 4 is 17.7 Å². The summed E-state index contributed by atoms with van der Waals surface area (Å²) in [5.74, 6) is 0.459. The molecule has 1 amide bonds. The third-order valence-corrected chi connectivity index (χ3v) is 5.76. The normalized spacial score (nSPS) is 16.7. The number of amides is 1. The third kappa shape index (κ3) is 3.35. The molecule has 1 aliphatic rings. The summed E-state index contributed by atoms with van der Waals surface area (Å²) in [5.41, 5.74) is 3.39. The molecule has 2 aromatic rings. The van der Waals surface area contributed by atoms with Gasteiger partial charge >= 0.3 is 0 Å². The Balaban J connectivity index is 1.66. The van der Waals surface area contributed by atoms with Crippen molar-refractivity contribution in [3.05, 3.63) is 47.3 Å². The molecule has 6 heteroatoms. The van der Waals surface area contributed by atoms with E-state index < -0.39 is 0 Å². The number of rotatable bonds is 5. The van der Waals surface area contributed by atoms with Gasteiger partial charge in [-0.25, -0.2) is 4.98 Å². The van der Waals surface area contributed by atoms with Gasteiger partial charge in [0, 0.05) is 14.1 Å². The summed E-state index contributed by atoms with van der Waals surface area (Å²) in [4.78, 5) is 18.8. The van der Waals surface area contributed by atoms with Gasteiger partial charge in [-0.2, -0.15) is 0 Å². The Morgan fingerprint density at radius 1 is 1.46 bits per heavy atom. The van der Waals surface area contributed by atoms with Crippen LogP contribution in [0.3, 0.4) is 0 Å². The van der Waals surface area contributed by atoms with E-state index in [0.717, 1.165) is 30.1 Å². The molecule has 24 heavy (non-hydrogen) atoms. The van der Waals surface area contributed by atoms with Crippen LogP contribution in [0.15, 0.2) is 35.6 Å². The molecule has 5 nitrogen and oxygen atoms in total. The fourth-order valence-electron chi connectivity index (χ4n) is 3.24. The molecule has 0 aliphatic heterocycles. The number of hydrogen-bond donors (Lipinski definition) is 1. The molecule has 1 atom stereocenters. The molecule has 1 aromatic heterocycles. The Morgan fingerprint density at radius 2 is 2.25 bits per heavy atom. The second kappa shape index (κ2) is 7.40. The minimum Gasteiger partial charge on any atom is -0.390 e. The van der Waals surface area contributed by atoms with Gasteiger partial charge in [-0.05, 0) is 30.4 Å². The fourth-order valence-corrected chi connectivity index (χ4v) is 4.13. The fraction of sp³-hybridized carbons (Fsp3) is 0.444. The first-order valence-corrected chi connectivity index (χ1v) is 9.18. The smallest absolute Gasteiger partial charge is 0.233 e. The molecule has 1 N–H and O–H groups in total. The van der Waals surface area contributed by atoms with Gasteiger partial charge in [0.2, 0.25) is 5.91 Å². The van der Waals surface area contributed by atoms with Crippen LogP contribution >= 0.6 is 11.8 Å². The number of hydrogen-bond acceptors (Lipinski definition) is 4. The molecule has 0 bridgehead atoms. The lowest BCUT2D eigenvalue weighted by atomic mass is 9.87. The maximum absolute atomic E-state index is 12.6. The Labute approximate surface area is 146 Å². The Kier molecular flexibility index (Phi) is 5.26. The molecule has 0 saturated carbocycles. The average molecular weight is 345 g/mol. The first-order valence-electron chi connectivity index (χ1n) is 8.19. The van der Waals surface area contributed by atoms with Crippen LogP contribution in [0.1, 0.15) is 35.7 Å². The number of nitrogens with zero attached hydrogens (tertiary/aromatic N) is 3. The van der Waals surface area contributed by atoms with Gasteiger partial charge < -0.3 is 14.6 Å². The van der Waals surface area contributed by atoms with E-state index in [4.69, 9.17) is 0 Å². The predicted molar refractivity (Wildman–Crippen MR) is 94.7 cm³/mol. The summed E-state index contributed by atoms with van der Waals surface area (Å²) >= 11 is 1.41. The first kappa shape index (κ1) is 17.0. The molecule has 1 aromatic carbocycles. The van der Waals surface area contributed by atoms with Crippen molar-refractivity contribution < 1.29 is 9.90 Å². The number of imidazole rings is 1. The molecule has 1 heterocycles. The van der Waals surface area contributed by atoms with Gasteiger partial charge in [-0.15, -0.1) is 0 Å². The van der Waals surface area contributed by atoms with Gasteiger partial charge in [0.25, 0.3) is 0 Å². The summed E-state index contributed by atoms with van der Waals surface area (Å²) < 4.78 is 1.83. The number of carbonyl (C=O) groups is 1. The molecule has 1 aliphatic carbocycles. The molecule has 1 unspecified atom stereocenters. The van der Waals surface area contributed by atoms with E-state index in [0.29, 0.717) is 5.75 Å². The van der Waals surface area contributed by atoms with Gasteiger partial charge in [0.1, 0.15) is 0 Å². The maximum atomic E-state index is 12.6. The highest BCUT2D eigenvalue weighted by Gasteiger charge is 2.26. The molecule has 0 radical (unpaired) electrons. The van der Waals surface area contributed by atoms with E-state index in [1.54, 1.807) is 6.20 Å². The minimum atomic E-state index is -0.0449. The van der Waals surface area contributed by atoms with E-state index >= 15 is 0 Å². The number of aryl methyl sites for hydroxylation is 1. The highest BCUT2D eigenvalue weighted by molar-refractivity contribution is 7.99. The summed E-state index contributed by atoms with van der Waals surface area (Å²) in [5, 5.41) is 9.97. The number of aliphatic hydroxyl groups is 1. The Morgan fingerprint density at radius 3 is 3.00 bits per heavy atom. The topological polar surface area (TPSA) is 58.4 Å². The zero-order valence-electron chi connectivity index (χ0n) is 14.1. The van der Waals surface area contributed by atoms with Crippen LogP contribution in [-0.2, 0) is 24.9 Å². The van der Waals surface area contributed by atoms with E-state index in [2.05, 4.69) is 29.2 Å². The number of aromatic nitrogens is 2. The molecule has 128 valence electrons. The Bertz CT molecular complexity index is 729. The second-order valence-corrected chi connectivity index (χ2v) is 7.09. The number of thioether (sulfide) groups is 1. The summed E-state index contributed by atoms with van der Waals surface area (Å²) in [6, 6.07) is 8.59. The second-order valence-electron chi connectivity index (χ2n) is 6.15. The zero-order valence-corrected chi connectivity index (χ0v) is 14.9.